The second-order valence-electron chi connectivity index (χ2n) is 5.79. The Bertz CT molecular complexity index is 903. The van der Waals surface area contributed by atoms with Crippen LogP contribution in [0.5, 0.6) is 5.75 Å². The SMILES string of the molecule is COc1ccc(-c2nnc(Sc3nccn(CC(C)C)c3=O)o2)cc1. The summed E-state index contributed by atoms with van der Waals surface area (Å²) < 4.78 is 12.4. The van der Waals surface area contributed by atoms with Gasteiger partial charge in [0.1, 0.15) is 5.75 Å². The molecule has 7 nitrogen and oxygen atoms in total. The zero-order valence-corrected chi connectivity index (χ0v) is 15.0. The van der Waals surface area contributed by atoms with Crippen molar-refractivity contribution in [1.29, 1.82) is 0 Å². The van der Waals surface area contributed by atoms with Crippen LogP contribution in [0.15, 0.2) is 56.1 Å². The third-order valence-electron chi connectivity index (χ3n) is 3.37. The fourth-order valence-corrected chi connectivity index (χ4v) is 2.90. The highest BCUT2D eigenvalue weighted by Gasteiger charge is 2.14. The van der Waals surface area contributed by atoms with Crippen LogP contribution in [-0.4, -0.2) is 26.9 Å². The molecule has 0 atom stereocenters. The third-order valence-corrected chi connectivity index (χ3v) is 4.18. The first-order chi connectivity index (χ1) is 12.1. The van der Waals surface area contributed by atoms with Gasteiger partial charge in [-0.15, -0.1) is 10.2 Å². The van der Waals surface area contributed by atoms with Crippen LogP contribution in [0, 0.1) is 5.92 Å². The molecule has 130 valence electrons. The topological polar surface area (TPSA) is 83.0 Å². The number of ether oxygens (including phenoxy) is 1. The van der Waals surface area contributed by atoms with Crippen molar-refractivity contribution in [2.45, 2.75) is 30.6 Å². The molecule has 0 amide bonds. The first kappa shape index (κ1) is 17.2. The monoisotopic (exact) mass is 358 g/mol. The summed E-state index contributed by atoms with van der Waals surface area (Å²) in [6, 6.07) is 7.29. The molecule has 2 heterocycles. The highest BCUT2D eigenvalue weighted by molar-refractivity contribution is 7.99. The largest absolute Gasteiger partial charge is 0.497 e. The molecule has 25 heavy (non-hydrogen) atoms. The van der Waals surface area contributed by atoms with E-state index in [2.05, 4.69) is 29.0 Å². The second kappa shape index (κ2) is 7.52. The average Bonchev–Trinajstić information content (AvgIpc) is 3.07. The number of rotatable bonds is 6. The molecule has 0 saturated heterocycles. The maximum absolute atomic E-state index is 12.4. The van der Waals surface area contributed by atoms with Gasteiger partial charge < -0.3 is 13.7 Å². The molecular weight excluding hydrogens is 340 g/mol. The molecule has 1 aromatic carbocycles. The Morgan fingerprint density at radius 1 is 1.24 bits per heavy atom. The van der Waals surface area contributed by atoms with Crippen molar-refractivity contribution in [1.82, 2.24) is 19.7 Å². The van der Waals surface area contributed by atoms with Gasteiger partial charge in [0.15, 0.2) is 5.03 Å². The Balaban J connectivity index is 1.80. The lowest BCUT2D eigenvalue weighted by molar-refractivity contribution is 0.414. The first-order valence-corrected chi connectivity index (χ1v) is 8.59. The molecule has 0 fully saturated rings. The molecule has 0 spiro atoms. The van der Waals surface area contributed by atoms with Crippen LogP contribution >= 0.6 is 11.8 Å². The Labute approximate surface area is 149 Å². The van der Waals surface area contributed by atoms with Crippen molar-refractivity contribution in [2.24, 2.45) is 5.92 Å². The van der Waals surface area contributed by atoms with E-state index in [4.69, 9.17) is 9.15 Å². The summed E-state index contributed by atoms with van der Waals surface area (Å²) in [5.74, 6) is 1.49. The Hall–Kier alpha value is -2.61. The molecule has 0 aliphatic rings. The zero-order valence-electron chi connectivity index (χ0n) is 14.2. The van der Waals surface area contributed by atoms with Crippen molar-refractivity contribution in [3.05, 3.63) is 47.0 Å². The van der Waals surface area contributed by atoms with Crippen molar-refractivity contribution in [3.63, 3.8) is 0 Å². The summed E-state index contributed by atoms with van der Waals surface area (Å²) in [7, 11) is 1.61. The molecule has 0 N–H and O–H groups in total. The van der Waals surface area contributed by atoms with Crippen molar-refractivity contribution in [3.8, 4) is 17.2 Å². The lowest BCUT2D eigenvalue weighted by Crippen LogP contribution is -2.24. The lowest BCUT2D eigenvalue weighted by Gasteiger charge is -2.08. The van der Waals surface area contributed by atoms with E-state index in [-0.39, 0.29) is 10.8 Å². The van der Waals surface area contributed by atoms with E-state index in [0.29, 0.717) is 23.4 Å². The quantitative estimate of drug-likeness (QED) is 0.669. The number of methoxy groups -OCH3 is 1. The van der Waals surface area contributed by atoms with Crippen LogP contribution in [0.2, 0.25) is 0 Å². The smallest absolute Gasteiger partial charge is 0.283 e. The molecule has 2 aromatic heterocycles. The van der Waals surface area contributed by atoms with Crippen LogP contribution in [0.25, 0.3) is 11.5 Å². The van der Waals surface area contributed by atoms with Crippen molar-refractivity contribution >= 4 is 11.8 Å². The number of hydrogen-bond acceptors (Lipinski definition) is 7. The van der Waals surface area contributed by atoms with Crippen LogP contribution in [0.3, 0.4) is 0 Å². The van der Waals surface area contributed by atoms with Gasteiger partial charge in [0.2, 0.25) is 5.89 Å². The van der Waals surface area contributed by atoms with E-state index in [1.54, 1.807) is 24.1 Å². The van der Waals surface area contributed by atoms with Gasteiger partial charge in [-0.3, -0.25) is 4.79 Å². The molecular formula is C17H18N4O3S. The first-order valence-electron chi connectivity index (χ1n) is 7.78. The number of hydrogen-bond donors (Lipinski definition) is 0. The van der Waals surface area contributed by atoms with Gasteiger partial charge >= 0.3 is 0 Å². The highest BCUT2D eigenvalue weighted by Crippen LogP contribution is 2.27. The summed E-state index contributed by atoms with van der Waals surface area (Å²) >= 11 is 1.07. The van der Waals surface area contributed by atoms with Gasteiger partial charge in [0.05, 0.1) is 7.11 Å². The second-order valence-corrected chi connectivity index (χ2v) is 6.73. The lowest BCUT2D eigenvalue weighted by atomic mass is 10.2. The van der Waals surface area contributed by atoms with Crippen LogP contribution in [0.4, 0.5) is 0 Å². The molecule has 8 heteroatoms. The third kappa shape index (κ3) is 4.08. The van der Waals surface area contributed by atoms with Gasteiger partial charge in [-0.05, 0) is 41.9 Å². The van der Waals surface area contributed by atoms with Crippen molar-refractivity contribution in [2.75, 3.05) is 7.11 Å². The summed E-state index contributed by atoms with van der Waals surface area (Å²) in [6.45, 7) is 4.74. The molecule has 3 aromatic rings. The summed E-state index contributed by atoms with van der Waals surface area (Å²) in [6.07, 6.45) is 3.29. The van der Waals surface area contributed by atoms with Gasteiger partial charge in [-0.25, -0.2) is 4.98 Å². The van der Waals surface area contributed by atoms with E-state index in [9.17, 15) is 4.79 Å². The van der Waals surface area contributed by atoms with E-state index < -0.39 is 0 Å². The van der Waals surface area contributed by atoms with Gasteiger partial charge in [0.25, 0.3) is 10.8 Å². The van der Waals surface area contributed by atoms with Crippen LogP contribution in [-0.2, 0) is 6.54 Å². The molecule has 0 bridgehead atoms. The minimum atomic E-state index is -0.162. The fourth-order valence-electron chi connectivity index (χ4n) is 2.22. The predicted molar refractivity (Wildman–Crippen MR) is 93.7 cm³/mol. The van der Waals surface area contributed by atoms with Crippen LogP contribution in [0.1, 0.15) is 13.8 Å². The Morgan fingerprint density at radius 2 is 2.00 bits per heavy atom. The predicted octanol–water partition coefficient (Wildman–Crippen LogP) is 3.11. The van der Waals surface area contributed by atoms with Crippen LogP contribution < -0.4 is 10.3 Å². The van der Waals surface area contributed by atoms with E-state index in [1.165, 1.54) is 0 Å². The Morgan fingerprint density at radius 3 is 2.68 bits per heavy atom. The summed E-state index contributed by atoms with van der Waals surface area (Å²) in [5.41, 5.74) is 0.615. The normalized spacial score (nSPS) is 11.0. The minimum absolute atomic E-state index is 0.162. The highest BCUT2D eigenvalue weighted by atomic mass is 32.2. The molecule has 0 aliphatic carbocycles. The Kier molecular flexibility index (Phi) is 5.18. The average molecular weight is 358 g/mol. The summed E-state index contributed by atoms with van der Waals surface area (Å²) in [4.78, 5) is 16.6. The molecule has 3 rings (SSSR count). The van der Waals surface area contributed by atoms with E-state index in [0.717, 1.165) is 23.1 Å². The van der Waals surface area contributed by atoms with Crippen molar-refractivity contribution < 1.29 is 9.15 Å². The standard InChI is InChI=1S/C17H18N4O3S/c1-11(2)10-21-9-8-18-15(16(21)22)25-17-20-19-14(24-17)12-4-6-13(23-3)7-5-12/h4-9,11H,10H2,1-3H3. The fraction of sp³-hybridized carbons (Fsp3) is 0.294. The summed E-state index contributed by atoms with van der Waals surface area (Å²) in [5, 5.41) is 8.60. The van der Waals surface area contributed by atoms with Gasteiger partial charge in [-0.1, -0.05) is 13.8 Å². The number of aromatic nitrogens is 4. The van der Waals surface area contributed by atoms with Gasteiger partial charge in [-0.2, -0.15) is 0 Å². The zero-order chi connectivity index (χ0) is 17.8. The maximum atomic E-state index is 12.4. The van der Waals surface area contributed by atoms with E-state index in [1.807, 2.05) is 24.3 Å². The molecule has 0 unspecified atom stereocenters. The molecule has 0 radical (unpaired) electrons. The maximum Gasteiger partial charge on any atom is 0.283 e. The van der Waals surface area contributed by atoms with E-state index >= 15 is 0 Å². The number of benzene rings is 1. The molecule has 0 saturated carbocycles. The number of nitrogens with zero attached hydrogens (tertiary/aromatic N) is 4. The molecule has 0 aliphatic heterocycles. The minimum Gasteiger partial charge on any atom is -0.497 e. The van der Waals surface area contributed by atoms with Gasteiger partial charge in [0, 0.05) is 24.5 Å².